The van der Waals surface area contributed by atoms with Crippen molar-refractivity contribution in [2.24, 2.45) is 5.92 Å². The average Bonchev–Trinajstić information content (AvgIpc) is 3.32. The molecule has 2 aromatic rings. The zero-order chi connectivity index (χ0) is 24.6. The molecule has 33 heavy (non-hydrogen) atoms. The summed E-state index contributed by atoms with van der Waals surface area (Å²) in [4.78, 5) is 29.5. The number of carbonyl (C=O) groups is 2. The largest absolute Gasteiger partial charge is 0.465 e. The van der Waals surface area contributed by atoms with Crippen LogP contribution in [-0.4, -0.2) is 64.9 Å². The quantitative estimate of drug-likeness (QED) is 0.592. The van der Waals surface area contributed by atoms with Crippen LogP contribution in [0.15, 0.2) is 15.7 Å². The number of nitrogens with one attached hydrogen (secondary N) is 1. The normalized spacial score (nSPS) is 16.0. The van der Waals surface area contributed by atoms with Gasteiger partial charge in [0.25, 0.3) is 10.0 Å². The molecule has 0 bridgehead atoms. The van der Waals surface area contributed by atoms with Gasteiger partial charge < -0.3 is 15.3 Å². The SMILES string of the molecule is CC(=O)Nc1nc(C)c(-c2csc(S(=O)(=O)N3CCC(CN(C(=O)O)C(C)(C)C)CC3)c2)s1. The molecular formula is C21H30N4O5S3. The van der Waals surface area contributed by atoms with E-state index in [1.807, 2.05) is 27.7 Å². The molecule has 0 saturated carbocycles. The highest BCUT2D eigenvalue weighted by Gasteiger charge is 2.34. The summed E-state index contributed by atoms with van der Waals surface area (Å²) < 4.78 is 28.2. The second-order valence-corrected chi connectivity index (χ2v) is 13.3. The summed E-state index contributed by atoms with van der Waals surface area (Å²) in [5.41, 5.74) is 0.993. The van der Waals surface area contributed by atoms with Gasteiger partial charge in [-0.15, -0.1) is 11.3 Å². The molecule has 2 N–H and O–H groups in total. The molecule has 1 aliphatic heterocycles. The van der Waals surface area contributed by atoms with Gasteiger partial charge in [0.15, 0.2) is 5.13 Å². The first-order valence-corrected chi connectivity index (χ1v) is 13.8. The summed E-state index contributed by atoms with van der Waals surface area (Å²) in [6.45, 7) is 9.95. The summed E-state index contributed by atoms with van der Waals surface area (Å²) in [5, 5.41) is 14.5. The number of nitrogens with zero attached hydrogens (tertiary/aromatic N) is 3. The van der Waals surface area contributed by atoms with Crippen molar-refractivity contribution >= 4 is 49.8 Å². The number of amides is 2. The Labute approximate surface area is 202 Å². The van der Waals surface area contributed by atoms with Crippen LogP contribution in [0.1, 0.15) is 46.2 Å². The Balaban J connectivity index is 1.69. The maximum Gasteiger partial charge on any atom is 0.407 e. The molecule has 3 heterocycles. The average molecular weight is 515 g/mol. The van der Waals surface area contributed by atoms with Crippen molar-refractivity contribution in [1.82, 2.24) is 14.2 Å². The van der Waals surface area contributed by atoms with Crippen molar-refractivity contribution in [3.63, 3.8) is 0 Å². The second kappa shape index (κ2) is 9.69. The third-order valence-corrected chi connectivity index (χ3v) is 10.0. The van der Waals surface area contributed by atoms with Gasteiger partial charge in [0, 0.05) is 43.0 Å². The molecular weight excluding hydrogens is 484 g/mol. The van der Waals surface area contributed by atoms with Gasteiger partial charge >= 0.3 is 6.09 Å². The minimum atomic E-state index is -3.63. The van der Waals surface area contributed by atoms with Crippen molar-refractivity contribution in [3.8, 4) is 10.4 Å². The molecule has 0 aromatic carbocycles. The van der Waals surface area contributed by atoms with Gasteiger partial charge in [-0.3, -0.25) is 4.79 Å². The van der Waals surface area contributed by atoms with Crippen LogP contribution in [0.2, 0.25) is 0 Å². The Hall–Kier alpha value is -2.02. The monoisotopic (exact) mass is 514 g/mol. The van der Waals surface area contributed by atoms with E-state index < -0.39 is 21.7 Å². The number of piperidine rings is 1. The van der Waals surface area contributed by atoms with E-state index in [1.54, 1.807) is 11.4 Å². The molecule has 2 aromatic heterocycles. The van der Waals surface area contributed by atoms with Crippen LogP contribution in [0.4, 0.5) is 9.93 Å². The van der Waals surface area contributed by atoms with Crippen molar-refractivity contribution in [3.05, 3.63) is 17.1 Å². The van der Waals surface area contributed by atoms with E-state index in [9.17, 15) is 23.1 Å². The number of thiophene rings is 1. The lowest BCUT2D eigenvalue weighted by molar-refractivity contribution is -0.114. The van der Waals surface area contributed by atoms with Gasteiger partial charge in [0.1, 0.15) is 4.21 Å². The topological polar surface area (TPSA) is 120 Å². The highest BCUT2D eigenvalue weighted by molar-refractivity contribution is 7.91. The fourth-order valence-corrected chi connectivity index (χ4v) is 7.66. The number of carboxylic acid groups (broad SMARTS) is 1. The second-order valence-electron chi connectivity index (χ2n) is 9.18. The van der Waals surface area contributed by atoms with Crippen LogP contribution in [0.5, 0.6) is 0 Å². The number of sulfonamides is 1. The minimum absolute atomic E-state index is 0.123. The smallest absolute Gasteiger partial charge is 0.407 e. The number of thiazole rings is 1. The highest BCUT2D eigenvalue weighted by atomic mass is 32.2. The van der Waals surface area contributed by atoms with E-state index in [4.69, 9.17) is 0 Å². The minimum Gasteiger partial charge on any atom is -0.465 e. The summed E-state index contributed by atoms with van der Waals surface area (Å²) in [6, 6.07) is 1.66. The summed E-state index contributed by atoms with van der Waals surface area (Å²) >= 11 is 2.48. The van der Waals surface area contributed by atoms with Crippen LogP contribution < -0.4 is 5.32 Å². The van der Waals surface area contributed by atoms with Crippen LogP contribution in [0.25, 0.3) is 10.4 Å². The van der Waals surface area contributed by atoms with Gasteiger partial charge in [-0.25, -0.2) is 18.2 Å². The highest BCUT2D eigenvalue weighted by Crippen LogP contribution is 2.38. The lowest BCUT2D eigenvalue weighted by Gasteiger charge is -2.38. The van der Waals surface area contributed by atoms with E-state index in [-0.39, 0.29) is 16.0 Å². The Morgan fingerprint density at radius 3 is 2.48 bits per heavy atom. The van der Waals surface area contributed by atoms with E-state index in [2.05, 4.69) is 10.3 Å². The number of rotatable bonds is 6. The Morgan fingerprint density at radius 1 is 1.30 bits per heavy atom. The molecule has 0 spiro atoms. The fourth-order valence-electron chi connectivity index (χ4n) is 3.80. The molecule has 0 atom stereocenters. The van der Waals surface area contributed by atoms with Crippen molar-refractivity contribution < 1.29 is 23.1 Å². The van der Waals surface area contributed by atoms with Gasteiger partial charge in [0.05, 0.1) is 10.6 Å². The predicted molar refractivity (Wildman–Crippen MR) is 130 cm³/mol. The summed E-state index contributed by atoms with van der Waals surface area (Å²) in [7, 11) is -3.63. The molecule has 1 aliphatic rings. The van der Waals surface area contributed by atoms with Crippen molar-refractivity contribution in [2.45, 2.75) is 57.2 Å². The van der Waals surface area contributed by atoms with E-state index in [0.29, 0.717) is 37.6 Å². The van der Waals surface area contributed by atoms with E-state index in [1.165, 1.54) is 38.8 Å². The first-order valence-electron chi connectivity index (χ1n) is 10.6. The number of hydrogen-bond donors (Lipinski definition) is 2. The van der Waals surface area contributed by atoms with E-state index >= 15 is 0 Å². The maximum atomic E-state index is 13.2. The Kier molecular flexibility index (Phi) is 7.52. The van der Waals surface area contributed by atoms with Gasteiger partial charge in [-0.2, -0.15) is 4.31 Å². The van der Waals surface area contributed by atoms with Crippen LogP contribution in [-0.2, 0) is 14.8 Å². The van der Waals surface area contributed by atoms with Crippen LogP contribution in [0, 0.1) is 12.8 Å². The molecule has 2 amide bonds. The third-order valence-electron chi connectivity index (χ3n) is 5.57. The predicted octanol–water partition coefficient (Wildman–Crippen LogP) is 4.32. The fraction of sp³-hybridized carbons (Fsp3) is 0.571. The van der Waals surface area contributed by atoms with Gasteiger partial charge in [-0.1, -0.05) is 11.3 Å². The Morgan fingerprint density at radius 2 is 1.94 bits per heavy atom. The molecule has 3 rings (SSSR count). The van der Waals surface area contributed by atoms with Crippen LogP contribution in [0.3, 0.4) is 0 Å². The first kappa shape index (κ1) is 25.6. The molecule has 0 radical (unpaired) electrons. The van der Waals surface area contributed by atoms with Crippen molar-refractivity contribution in [2.75, 3.05) is 25.0 Å². The Bertz CT molecular complexity index is 1130. The lowest BCUT2D eigenvalue weighted by Crippen LogP contribution is -2.49. The first-order chi connectivity index (χ1) is 15.3. The van der Waals surface area contributed by atoms with E-state index in [0.717, 1.165) is 16.1 Å². The maximum absolute atomic E-state index is 13.2. The molecule has 9 nitrogen and oxygen atoms in total. The number of hydrogen-bond acceptors (Lipinski definition) is 7. The zero-order valence-corrected chi connectivity index (χ0v) is 21.9. The number of aromatic nitrogens is 1. The zero-order valence-electron chi connectivity index (χ0n) is 19.4. The third kappa shape index (κ3) is 5.92. The molecule has 0 unspecified atom stereocenters. The van der Waals surface area contributed by atoms with Gasteiger partial charge in [-0.05, 0) is 52.5 Å². The van der Waals surface area contributed by atoms with Crippen molar-refractivity contribution in [1.29, 1.82) is 0 Å². The summed E-state index contributed by atoms with van der Waals surface area (Å²) in [5.74, 6) is -0.0843. The molecule has 0 aliphatic carbocycles. The molecule has 1 saturated heterocycles. The summed E-state index contributed by atoms with van der Waals surface area (Å²) in [6.07, 6.45) is 0.278. The number of anilines is 1. The standard InChI is InChI=1S/C21H30N4O5S3/c1-13-18(32-19(22-13)23-14(2)26)16-10-17(31-12-16)33(29,30)24-8-6-15(7-9-24)11-25(20(27)28)21(3,4)5/h10,12,15H,6-9,11H2,1-5H3,(H,27,28)(H,22,23,26). The molecule has 12 heteroatoms. The number of carbonyl (C=O) groups excluding carboxylic acids is 1. The lowest BCUT2D eigenvalue weighted by atomic mass is 9.95. The molecule has 1 fully saturated rings. The van der Waals surface area contributed by atoms with Crippen LogP contribution >= 0.6 is 22.7 Å². The molecule has 182 valence electrons. The number of aryl methyl sites for hydroxylation is 1. The van der Waals surface area contributed by atoms with Gasteiger partial charge in [0.2, 0.25) is 5.91 Å².